The molecule has 4 rings (SSSR count). The van der Waals surface area contributed by atoms with Gasteiger partial charge in [-0.1, -0.05) is 24.3 Å². The molecule has 3 aromatic rings. The van der Waals surface area contributed by atoms with Crippen molar-refractivity contribution in [3.05, 3.63) is 78.1 Å². The molecule has 0 saturated heterocycles. The zero-order chi connectivity index (χ0) is 17.8. The Morgan fingerprint density at radius 1 is 1.00 bits per heavy atom. The summed E-state index contributed by atoms with van der Waals surface area (Å²) in [6.07, 6.45) is 5.15. The minimum atomic E-state index is -0.216. The molecule has 0 bridgehead atoms. The molecule has 0 saturated carbocycles. The SMILES string of the molecule is O=C(Nc1ccc(Oc2ncccn2)cc1)N[C@@H]1CCc2ccccc21. The van der Waals surface area contributed by atoms with Crippen LogP contribution in [0, 0.1) is 0 Å². The van der Waals surface area contributed by atoms with Crippen LogP contribution in [0.3, 0.4) is 0 Å². The molecule has 1 aliphatic carbocycles. The second-order valence-corrected chi connectivity index (χ2v) is 6.05. The first-order valence-electron chi connectivity index (χ1n) is 8.48. The fourth-order valence-corrected chi connectivity index (χ4v) is 3.08. The molecule has 1 atom stereocenters. The molecule has 1 aliphatic rings. The zero-order valence-electron chi connectivity index (χ0n) is 14.1. The minimum Gasteiger partial charge on any atom is -0.424 e. The molecule has 6 heteroatoms. The van der Waals surface area contributed by atoms with Crippen LogP contribution in [0.25, 0.3) is 0 Å². The summed E-state index contributed by atoms with van der Waals surface area (Å²) in [4.78, 5) is 20.3. The smallest absolute Gasteiger partial charge is 0.321 e. The number of rotatable bonds is 4. The largest absolute Gasteiger partial charge is 0.424 e. The van der Waals surface area contributed by atoms with E-state index in [1.54, 1.807) is 42.7 Å². The van der Waals surface area contributed by atoms with Crippen LogP contribution < -0.4 is 15.4 Å². The van der Waals surface area contributed by atoms with Crippen molar-refractivity contribution in [2.75, 3.05) is 5.32 Å². The van der Waals surface area contributed by atoms with Gasteiger partial charge in [0.05, 0.1) is 6.04 Å². The summed E-state index contributed by atoms with van der Waals surface area (Å²) >= 11 is 0. The zero-order valence-corrected chi connectivity index (χ0v) is 14.1. The molecule has 0 spiro atoms. The molecule has 0 fully saturated rings. The summed E-state index contributed by atoms with van der Waals surface area (Å²) in [5, 5.41) is 5.89. The van der Waals surface area contributed by atoms with Crippen molar-refractivity contribution in [2.24, 2.45) is 0 Å². The number of aromatic nitrogens is 2. The van der Waals surface area contributed by atoms with Gasteiger partial charge in [0.15, 0.2) is 0 Å². The second kappa shape index (κ2) is 7.23. The van der Waals surface area contributed by atoms with Crippen molar-refractivity contribution in [2.45, 2.75) is 18.9 Å². The van der Waals surface area contributed by atoms with Crippen molar-refractivity contribution in [3.63, 3.8) is 0 Å². The van der Waals surface area contributed by atoms with E-state index in [9.17, 15) is 4.79 Å². The Bertz CT molecular complexity index is 897. The lowest BCUT2D eigenvalue weighted by Gasteiger charge is -2.15. The Kier molecular flexibility index (Phi) is 4.47. The van der Waals surface area contributed by atoms with Crippen molar-refractivity contribution >= 4 is 11.7 Å². The van der Waals surface area contributed by atoms with E-state index in [0.717, 1.165) is 12.8 Å². The summed E-state index contributed by atoms with van der Waals surface area (Å²) in [5.41, 5.74) is 3.20. The molecule has 1 heterocycles. The standard InChI is InChI=1S/C20H18N4O2/c25-19(24-18-11-6-14-4-1-2-5-17(14)18)23-15-7-9-16(10-8-15)26-20-21-12-3-13-22-20/h1-5,7-10,12-13,18H,6,11H2,(H2,23,24,25)/t18-/m1/s1. The van der Waals surface area contributed by atoms with Crippen LogP contribution in [0.2, 0.25) is 0 Å². The van der Waals surface area contributed by atoms with E-state index in [1.165, 1.54) is 11.1 Å². The van der Waals surface area contributed by atoms with E-state index in [0.29, 0.717) is 11.4 Å². The number of fused-ring (bicyclic) bond motifs is 1. The normalized spacial score (nSPS) is 15.2. The molecule has 26 heavy (non-hydrogen) atoms. The number of benzene rings is 2. The molecule has 2 aromatic carbocycles. The Morgan fingerprint density at radius 3 is 2.58 bits per heavy atom. The third-order valence-corrected chi connectivity index (χ3v) is 4.30. The highest BCUT2D eigenvalue weighted by Gasteiger charge is 2.23. The molecule has 1 aromatic heterocycles. The number of anilines is 1. The summed E-state index contributed by atoms with van der Waals surface area (Å²) < 4.78 is 5.53. The highest BCUT2D eigenvalue weighted by atomic mass is 16.5. The lowest BCUT2D eigenvalue weighted by atomic mass is 10.1. The van der Waals surface area contributed by atoms with Crippen LogP contribution in [0.15, 0.2) is 67.0 Å². The van der Waals surface area contributed by atoms with Gasteiger partial charge < -0.3 is 15.4 Å². The number of ether oxygens (including phenoxy) is 1. The monoisotopic (exact) mass is 346 g/mol. The fourth-order valence-electron chi connectivity index (χ4n) is 3.08. The van der Waals surface area contributed by atoms with E-state index >= 15 is 0 Å². The highest BCUT2D eigenvalue weighted by molar-refractivity contribution is 5.89. The fraction of sp³-hybridized carbons (Fsp3) is 0.150. The van der Waals surface area contributed by atoms with Gasteiger partial charge in [0.1, 0.15) is 5.75 Å². The van der Waals surface area contributed by atoms with E-state index in [4.69, 9.17) is 4.74 Å². The van der Waals surface area contributed by atoms with E-state index in [1.807, 2.05) is 12.1 Å². The molecule has 2 N–H and O–H groups in total. The Balaban J connectivity index is 1.35. The molecular weight excluding hydrogens is 328 g/mol. The van der Waals surface area contributed by atoms with Crippen LogP contribution in [0.4, 0.5) is 10.5 Å². The maximum absolute atomic E-state index is 12.3. The molecule has 0 unspecified atom stereocenters. The first-order chi connectivity index (χ1) is 12.8. The van der Waals surface area contributed by atoms with Crippen LogP contribution >= 0.6 is 0 Å². The van der Waals surface area contributed by atoms with Crippen LogP contribution in [0.1, 0.15) is 23.6 Å². The number of carbonyl (C=O) groups is 1. The van der Waals surface area contributed by atoms with Crippen molar-refractivity contribution in [3.8, 4) is 11.8 Å². The molecule has 0 aliphatic heterocycles. The summed E-state index contributed by atoms with van der Waals surface area (Å²) in [6, 6.07) is 17.2. The second-order valence-electron chi connectivity index (χ2n) is 6.05. The van der Waals surface area contributed by atoms with Gasteiger partial charge in [-0.25, -0.2) is 14.8 Å². The quantitative estimate of drug-likeness (QED) is 0.746. The van der Waals surface area contributed by atoms with Gasteiger partial charge in [-0.05, 0) is 54.3 Å². The van der Waals surface area contributed by atoms with E-state index in [2.05, 4.69) is 32.7 Å². The van der Waals surface area contributed by atoms with Gasteiger partial charge >= 0.3 is 12.0 Å². The Hall–Kier alpha value is -3.41. The van der Waals surface area contributed by atoms with Gasteiger partial charge in [-0.2, -0.15) is 0 Å². The number of urea groups is 1. The van der Waals surface area contributed by atoms with Gasteiger partial charge in [0.25, 0.3) is 0 Å². The maximum atomic E-state index is 12.3. The van der Waals surface area contributed by atoms with Crippen molar-refractivity contribution in [1.29, 1.82) is 0 Å². The van der Waals surface area contributed by atoms with Gasteiger partial charge in [-0.3, -0.25) is 0 Å². The molecule has 0 radical (unpaired) electrons. The number of nitrogens with zero attached hydrogens (tertiary/aromatic N) is 2. The average molecular weight is 346 g/mol. The lowest BCUT2D eigenvalue weighted by molar-refractivity contribution is 0.248. The van der Waals surface area contributed by atoms with Gasteiger partial charge in [0.2, 0.25) is 0 Å². The lowest BCUT2D eigenvalue weighted by Crippen LogP contribution is -2.31. The minimum absolute atomic E-state index is 0.0593. The van der Waals surface area contributed by atoms with Gasteiger partial charge in [0, 0.05) is 18.1 Å². The summed E-state index contributed by atoms with van der Waals surface area (Å²) in [5.74, 6) is 0.604. The van der Waals surface area contributed by atoms with Crippen molar-refractivity contribution in [1.82, 2.24) is 15.3 Å². The van der Waals surface area contributed by atoms with Crippen LogP contribution in [0.5, 0.6) is 11.8 Å². The number of hydrogen-bond acceptors (Lipinski definition) is 4. The van der Waals surface area contributed by atoms with Crippen LogP contribution in [-0.4, -0.2) is 16.0 Å². The molecule has 130 valence electrons. The average Bonchev–Trinajstić information content (AvgIpc) is 3.07. The van der Waals surface area contributed by atoms with Gasteiger partial charge in [-0.15, -0.1) is 0 Å². The number of nitrogens with one attached hydrogen (secondary N) is 2. The topological polar surface area (TPSA) is 76.1 Å². The third kappa shape index (κ3) is 3.64. The molecule has 6 nitrogen and oxygen atoms in total. The number of carbonyl (C=O) groups excluding carboxylic acids is 1. The van der Waals surface area contributed by atoms with E-state index in [-0.39, 0.29) is 18.1 Å². The predicted octanol–water partition coefficient (Wildman–Crippen LogP) is 4.08. The Labute approximate surface area is 151 Å². The summed E-state index contributed by atoms with van der Waals surface area (Å²) in [6.45, 7) is 0. The first kappa shape index (κ1) is 16.1. The summed E-state index contributed by atoms with van der Waals surface area (Å²) in [7, 11) is 0. The number of aryl methyl sites for hydroxylation is 1. The highest BCUT2D eigenvalue weighted by Crippen LogP contribution is 2.30. The maximum Gasteiger partial charge on any atom is 0.321 e. The predicted molar refractivity (Wildman–Crippen MR) is 98.2 cm³/mol. The van der Waals surface area contributed by atoms with E-state index < -0.39 is 0 Å². The number of amides is 2. The van der Waals surface area contributed by atoms with Crippen molar-refractivity contribution < 1.29 is 9.53 Å². The first-order valence-corrected chi connectivity index (χ1v) is 8.48. The molecule has 2 amide bonds. The molecular formula is C20H18N4O2. The number of hydrogen-bond donors (Lipinski definition) is 2. The van der Waals surface area contributed by atoms with Crippen LogP contribution in [-0.2, 0) is 6.42 Å². The Morgan fingerprint density at radius 2 is 1.77 bits per heavy atom. The third-order valence-electron chi connectivity index (χ3n) is 4.30.